The summed E-state index contributed by atoms with van der Waals surface area (Å²) in [5, 5.41) is 0.110. The molecule has 0 aliphatic rings. The molecule has 2 aromatic carbocycles. The van der Waals surface area contributed by atoms with Crippen LogP contribution in [0.4, 0.5) is 20.2 Å². The number of hydrogen-bond donors (Lipinski definition) is 1. The Bertz CT molecular complexity index is 659. The number of hydrogen-bond acceptors (Lipinski definition) is 3. The number of nitrogens with zero attached hydrogens (tertiary/aromatic N) is 1. The minimum atomic E-state index is -0.594. The summed E-state index contributed by atoms with van der Waals surface area (Å²) < 4.78 is 24.9. The summed E-state index contributed by atoms with van der Waals surface area (Å²) in [7, 11) is 0. The van der Waals surface area contributed by atoms with Gasteiger partial charge in [0.05, 0.1) is 15.7 Å². The highest BCUT2D eigenvalue weighted by Gasteiger charge is 1.98. The molecular weight excluding hydrogens is 309 g/mol. The van der Waals surface area contributed by atoms with Crippen LogP contribution in [0, 0.1) is 11.6 Å². The predicted octanol–water partition coefficient (Wildman–Crippen LogP) is 4.51. The minimum Gasteiger partial charge on any atom is -0.399 e. The van der Waals surface area contributed by atoms with E-state index in [1.165, 1.54) is 30.3 Å². The first kappa shape index (κ1) is 16.1. The number of anilines is 1. The van der Waals surface area contributed by atoms with Crippen molar-refractivity contribution in [3.63, 3.8) is 0 Å². The van der Waals surface area contributed by atoms with Gasteiger partial charge in [-0.1, -0.05) is 23.2 Å². The Kier molecular flexibility index (Phi) is 6.12. The molecule has 0 fully saturated rings. The van der Waals surface area contributed by atoms with Crippen LogP contribution in [0.5, 0.6) is 0 Å². The van der Waals surface area contributed by atoms with E-state index < -0.39 is 11.6 Å². The second kappa shape index (κ2) is 7.60. The highest BCUT2D eigenvalue weighted by molar-refractivity contribution is 6.31. The van der Waals surface area contributed by atoms with Gasteiger partial charge in [-0.15, -0.1) is 0 Å². The number of isocyanates is 1. The van der Waals surface area contributed by atoms with Gasteiger partial charge in [0, 0.05) is 11.8 Å². The fourth-order valence-corrected chi connectivity index (χ4v) is 1.35. The van der Waals surface area contributed by atoms with Crippen LogP contribution in [0.25, 0.3) is 0 Å². The van der Waals surface area contributed by atoms with Gasteiger partial charge in [-0.2, -0.15) is 4.99 Å². The van der Waals surface area contributed by atoms with Crippen LogP contribution in [-0.4, -0.2) is 6.08 Å². The maximum Gasteiger partial charge on any atom is 0.240 e. The molecule has 0 heterocycles. The van der Waals surface area contributed by atoms with E-state index >= 15 is 0 Å². The van der Waals surface area contributed by atoms with E-state index in [9.17, 15) is 13.6 Å². The maximum absolute atomic E-state index is 12.6. The van der Waals surface area contributed by atoms with Crippen molar-refractivity contribution < 1.29 is 13.6 Å². The zero-order chi connectivity index (χ0) is 15.1. The molecule has 0 unspecified atom stereocenters. The molecule has 2 aromatic rings. The molecule has 0 amide bonds. The van der Waals surface area contributed by atoms with E-state index in [0.717, 1.165) is 6.07 Å². The third-order valence-electron chi connectivity index (χ3n) is 2.02. The lowest BCUT2D eigenvalue weighted by Crippen LogP contribution is -1.85. The van der Waals surface area contributed by atoms with Crippen LogP contribution in [0.1, 0.15) is 0 Å². The summed E-state index contributed by atoms with van der Waals surface area (Å²) in [6, 6.07) is 7.97. The molecule has 2 N–H and O–H groups in total. The molecule has 0 spiro atoms. The Balaban J connectivity index is 0.000000204. The predicted molar refractivity (Wildman–Crippen MR) is 75.0 cm³/mol. The summed E-state index contributed by atoms with van der Waals surface area (Å²) in [5.74, 6) is -1.07. The molecule has 0 radical (unpaired) electrons. The third-order valence-corrected chi connectivity index (χ3v) is 2.63. The van der Waals surface area contributed by atoms with Crippen LogP contribution >= 0.6 is 23.2 Å². The normalized spacial score (nSPS) is 9.20. The third kappa shape index (κ3) is 4.97. The lowest BCUT2D eigenvalue weighted by atomic mass is 10.3. The lowest BCUT2D eigenvalue weighted by molar-refractivity contribution is 0.565. The standard InChI is InChI=1S/C7H3ClFNO.C6H5ClFN/c8-6-2-1-5(10-4-11)3-7(6)9;7-5-2-1-4(9)3-6(5)8/h1-3H;1-3H,9H2. The van der Waals surface area contributed by atoms with Gasteiger partial charge >= 0.3 is 0 Å². The molecule has 0 aliphatic heterocycles. The van der Waals surface area contributed by atoms with Crippen LogP contribution in [0.15, 0.2) is 41.4 Å². The van der Waals surface area contributed by atoms with Crippen molar-refractivity contribution in [2.75, 3.05) is 5.73 Å². The number of nitrogens with two attached hydrogens (primary N) is 1. The molecule has 0 atom stereocenters. The fraction of sp³-hybridized carbons (Fsp3) is 0. The van der Waals surface area contributed by atoms with E-state index in [-0.39, 0.29) is 15.7 Å². The minimum absolute atomic E-state index is 0.00912. The van der Waals surface area contributed by atoms with Gasteiger partial charge in [0.25, 0.3) is 0 Å². The molecule has 3 nitrogen and oxygen atoms in total. The highest BCUT2D eigenvalue weighted by Crippen LogP contribution is 2.20. The average molecular weight is 317 g/mol. The topological polar surface area (TPSA) is 55.5 Å². The fourth-order valence-electron chi connectivity index (χ4n) is 1.12. The smallest absolute Gasteiger partial charge is 0.240 e. The Hall–Kier alpha value is -1.94. The summed E-state index contributed by atoms with van der Waals surface area (Å²) in [5.41, 5.74) is 5.82. The average Bonchev–Trinajstić information content (AvgIpc) is 2.40. The SMILES string of the molecule is Nc1ccc(Cl)c(F)c1.O=C=Nc1ccc(Cl)c(F)c1. The number of benzene rings is 2. The molecule has 20 heavy (non-hydrogen) atoms. The zero-order valence-electron chi connectivity index (χ0n) is 9.91. The second-order valence-electron chi connectivity index (χ2n) is 3.48. The van der Waals surface area contributed by atoms with E-state index in [2.05, 4.69) is 4.99 Å². The van der Waals surface area contributed by atoms with Crippen LogP contribution in [0.2, 0.25) is 10.0 Å². The van der Waals surface area contributed by atoms with Crippen molar-refractivity contribution in [1.82, 2.24) is 0 Å². The lowest BCUT2D eigenvalue weighted by Gasteiger charge is -1.93. The van der Waals surface area contributed by atoms with E-state index in [0.29, 0.717) is 5.69 Å². The summed E-state index contributed by atoms with van der Waals surface area (Å²) >= 11 is 10.7. The molecule has 2 rings (SSSR count). The second-order valence-corrected chi connectivity index (χ2v) is 4.29. The molecule has 0 aliphatic carbocycles. The number of nitrogen functional groups attached to an aromatic ring is 1. The molecule has 0 saturated heterocycles. The molecular formula is C13H8Cl2F2N2O. The largest absolute Gasteiger partial charge is 0.399 e. The summed E-state index contributed by atoms with van der Waals surface area (Å²) in [6.07, 6.45) is 1.30. The van der Waals surface area contributed by atoms with Crippen LogP contribution in [0.3, 0.4) is 0 Å². The van der Waals surface area contributed by atoms with Gasteiger partial charge in [0.15, 0.2) is 0 Å². The Morgan fingerprint density at radius 2 is 1.55 bits per heavy atom. The van der Waals surface area contributed by atoms with E-state index in [1.807, 2.05) is 0 Å². The van der Waals surface area contributed by atoms with Crippen molar-refractivity contribution in [3.8, 4) is 0 Å². The van der Waals surface area contributed by atoms with Gasteiger partial charge < -0.3 is 5.73 Å². The quantitative estimate of drug-likeness (QED) is 0.478. The molecule has 0 bridgehead atoms. The van der Waals surface area contributed by atoms with Gasteiger partial charge in [-0.25, -0.2) is 13.6 Å². The molecule has 104 valence electrons. The molecule has 7 heteroatoms. The first-order chi connectivity index (χ1) is 9.43. The van der Waals surface area contributed by atoms with Gasteiger partial charge in [-0.3, -0.25) is 0 Å². The Morgan fingerprint density at radius 1 is 1.00 bits per heavy atom. The maximum atomic E-state index is 12.6. The van der Waals surface area contributed by atoms with Crippen molar-refractivity contribution in [2.45, 2.75) is 0 Å². The molecule has 0 aromatic heterocycles. The number of rotatable bonds is 1. The van der Waals surface area contributed by atoms with Crippen molar-refractivity contribution in [2.24, 2.45) is 4.99 Å². The summed E-state index contributed by atoms with van der Waals surface area (Å²) in [4.78, 5) is 12.9. The Morgan fingerprint density at radius 3 is 2.00 bits per heavy atom. The van der Waals surface area contributed by atoms with E-state index in [1.54, 1.807) is 6.07 Å². The van der Waals surface area contributed by atoms with Gasteiger partial charge in [0.1, 0.15) is 11.6 Å². The monoisotopic (exact) mass is 316 g/mol. The van der Waals surface area contributed by atoms with Crippen molar-refractivity contribution in [3.05, 3.63) is 58.1 Å². The highest BCUT2D eigenvalue weighted by atomic mass is 35.5. The molecule has 0 saturated carbocycles. The zero-order valence-corrected chi connectivity index (χ0v) is 11.4. The van der Waals surface area contributed by atoms with Crippen molar-refractivity contribution in [1.29, 1.82) is 0 Å². The van der Waals surface area contributed by atoms with Gasteiger partial charge in [-0.05, 0) is 30.3 Å². The van der Waals surface area contributed by atoms with E-state index in [4.69, 9.17) is 28.9 Å². The van der Waals surface area contributed by atoms with Crippen LogP contribution in [-0.2, 0) is 4.79 Å². The number of halogens is 4. The Labute approximate surface area is 123 Å². The summed E-state index contributed by atoms with van der Waals surface area (Å²) in [6.45, 7) is 0. The number of carbonyl (C=O) groups excluding carboxylic acids is 1. The number of aliphatic imine (C=N–C) groups is 1. The first-order valence-electron chi connectivity index (χ1n) is 5.17. The first-order valence-corrected chi connectivity index (χ1v) is 5.93. The van der Waals surface area contributed by atoms with Crippen molar-refractivity contribution >= 4 is 40.7 Å². The van der Waals surface area contributed by atoms with Gasteiger partial charge in [0.2, 0.25) is 6.08 Å². The van der Waals surface area contributed by atoms with Crippen LogP contribution < -0.4 is 5.73 Å².